The van der Waals surface area contributed by atoms with Gasteiger partial charge in [-0.1, -0.05) is 6.07 Å². The third kappa shape index (κ3) is 5.42. The summed E-state index contributed by atoms with van der Waals surface area (Å²) in [5.74, 6) is 0.649. The Balaban J connectivity index is 1.91. The monoisotopic (exact) mass is 426 g/mol. The van der Waals surface area contributed by atoms with Gasteiger partial charge in [-0.15, -0.1) is 11.3 Å². The van der Waals surface area contributed by atoms with Crippen LogP contribution in [0.2, 0.25) is 0 Å². The van der Waals surface area contributed by atoms with Crippen molar-refractivity contribution in [2.45, 2.75) is 20.0 Å². The number of hydrogen-bond donors (Lipinski definition) is 2. The molecule has 0 radical (unpaired) electrons. The maximum atomic E-state index is 13.2. The summed E-state index contributed by atoms with van der Waals surface area (Å²) in [5, 5.41) is 7.45. The zero-order chi connectivity index (χ0) is 21.5. The molecule has 8 heteroatoms. The normalized spacial score (nSPS) is 10.5. The number of carbonyl (C=O) groups excluding carboxylic acids is 2. The molecule has 0 spiro atoms. The van der Waals surface area contributed by atoms with Crippen molar-refractivity contribution in [1.82, 2.24) is 10.2 Å². The Kier molecular flexibility index (Phi) is 7.13. The maximum absolute atomic E-state index is 13.2. The molecule has 0 fully saturated rings. The van der Waals surface area contributed by atoms with Crippen LogP contribution >= 0.6 is 11.3 Å². The highest BCUT2D eigenvalue weighted by Crippen LogP contribution is 2.26. The number of nitrogens with one attached hydrogen (secondary N) is 2. The highest BCUT2D eigenvalue weighted by Gasteiger charge is 2.21. The zero-order valence-electron chi connectivity index (χ0n) is 17.3. The summed E-state index contributed by atoms with van der Waals surface area (Å²) >= 11 is 1.41. The molecule has 0 bridgehead atoms. The van der Waals surface area contributed by atoms with Gasteiger partial charge in [-0.25, -0.2) is 4.79 Å². The molecule has 2 N–H and O–H groups in total. The molecule has 0 saturated carbocycles. The Labute approximate surface area is 180 Å². The number of furan rings is 1. The molecule has 0 aliphatic rings. The number of anilines is 2. The second-order valence-corrected chi connectivity index (χ2v) is 7.89. The molecule has 3 aromatic rings. The fourth-order valence-corrected chi connectivity index (χ4v) is 3.80. The summed E-state index contributed by atoms with van der Waals surface area (Å²) in [6.45, 7) is 3.13. The number of rotatable bonds is 8. The third-order valence-corrected chi connectivity index (χ3v) is 5.32. The van der Waals surface area contributed by atoms with Crippen molar-refractivity contribution in [2.24, 2.45) is 0 Å². The lowest BCUT2D eigenvalue weighted by atomic mass is 10.1. The first-order valence-electron chi connectivity index (χ1n) is 9.68. The van der Waals surface area contributed by atoms with E-state index in [2.05, 4.69) is 10.6 Å². The van der Waals surface area contributed by atoms with E-state index in [9.17, 15) is 9.59 Å². The molecule has 7 nitrogen and oxygen atoms in total. The average Bonchev–Trinajstić information content (AvgIpc) is 3.41. The minimum absolute atomic E-state index is 0.0619. The second kappa shape index (κ2) is 9.98. The van der Waals surface area contributed by atoms with Crippen LogP contribution in [0, 0.1) is 0 Å². The Morgan fingerprint density at radius 2 is 1.93 bits per heavy atom. The van der Waals surface area contributed by atoms with Gasteiger partial charge in [-0.3, -0.25) is 4.79 Å². The number of amides is 3. The summed E-state index contributed by atoms with van der Waals surface area (Å²) in [6.07, 6.45) is 1.60. The highest BCUT2D eigenvalue weighted by atomic mass is 32.1. The molecule has 2 heterocycles. The summed E-state index contributed by atoms with van der Waals surface area (Å²) in [5.41, 5.74) is 2.56. The van der Waals surface area contributed by atoms with E-state index in [1.54, 1.807) is 11.2 Å². The van der Waals surface area contributed by atoms with Gasteiger partial charge in [0, 0.05) is 38.6 Å². The average molecular weight is 427 g/mol. The molecule has 2 aromatic heterocycles. The van der Waals surface area contributed by atoms with Crippen molar-refractivity contribution in [3.63, 3.8) is 0 Å². The van der Waals surface area contributed by atoms with Crippen molar-refractivity contribution in [3.05, 3.63) is 70.3 Å². The van der Waals surface area contributed by atoms with Crippen LogP contribution < -0.4 is 15.5 Å². The lowest BCUT2D eigenvalue weighted by molar-refractivity contribution is 0.0723. The lowest BCUT2D eigenvalue weighted by Crippen LogP contribution is -2.30. The van der Waals surface area contributed by atoms with E-state index in [0.717, 1.165) is 11.3 Å². The first-order valence-corrected chi connectivity index (χ1v) is 10.6. The van der Waals surface area contributed by atoms with Crippen LogP contribution in [0.1, 0.15) is 27.9 Å². The number of nitrogens with zero attached hydrogens (tertiary/aromatic N) is 2. The van der Waals surface area contributed by atoms with Gasteiger partial charge in [0.25, 0.3) is 5.91 Å². The van der Waals surface area contributed by atoms with Crippen LogP contribution in [0.25, 0.3) is 0 Å². The predicted molar refractivity (Wildman–Crippen MR) is 120 cm³/mol. The van der Waals surface area contributed by atoms with E-state index in [-0.39, 0.29) is 11.9 Å². The van der Waals surface area contributed by atoms with Crippen molar-refractivity contribution in [3.8, 4) is 0 Å². The summed E-state index contributed by atoms with van der Waals surface area (Å²) in [4.78, 5) is 29.5. The quantitative estimate of drug-likeness (QED) is 0.560. The summed E-state index contributed by atoms with van der Waals surface area (Å²) in [7, 11) is 3.90. The maximum Gasteiger partial charge on any atom is 0.319 e. The predicted octanol–water partition coefficient (Wildman–Crippen LogP) is 4.39. The fourth-order valence-electron chi connectivity index (χ4n) is 3.11. The van der Waals surface area contributed by atoms with Crippen molar-refractivity contribution >= 4 is 34.6 Å². The van der Waals surface area contributed by atoms with E-state index in [1.165, 1.54) is 11.3 Å². The molecule has 0 unspecified atom stereocenters. The highest BCUT2D eigenvalue weighted by molar-refractivity contribution is 7.12. The van der Waals surface area contributed by atoms with Crippen LogP contribution in [0.3, 0.4) is 0 Å². The SMILES string of the molecule is CCNC(=O)Nc1ccc(N(C)C)c(CN(Cc2ccco2)C(=O)c2cccs2)c1. The Morgan fingerprint density at radius 3 is 2.57 bits per heavy atom. The first kappa shape index (κ1) is 21.4. The van der Waals surface area contributed by atoms with E-state index < -0.39 is 0 Å². The molecular weight excluding hydrogens is 400 g/mol. The van der Waals surface area contributed by atoms with E-state index >= 15 is 0 Å². The molecule has 0 atom stereocenters. The first-order chi connectivity index (χ1) is 14.5. The van der Waals surface area contributed by atoms with Crippen LogP contribution in [0.4, 0.5) is 16.2 Å². The van der Waals surface area contributed by atoms with Gasteiger partial charge in [-0.2, -0.15) is 0 Å². The molecule has 3 rings (SSSR count). The second-order valence-electron chi connectivity index (χ2n) is 6.94. The Morgan fingerprint density at radius 1 is 1.10 bits per heavy atom. The number of carbonyl (C=O) groups is 2. The van der Waals surface area contributed by atoms with Gasteiger partial charge in [0.05, 0.1) is 17.7 Å². The van der Waals surface area contributed by atoms with Crippen LogP contribution in [0.15, 0.2) is 58.5 Å². The fraction of sp³-hybridized carbons (Fsp3) is 0.273. The molecule has 158 valence electrons. The summed E-state index contributed by atoms with van der Waals surface area (Å²) in [6, 6.07) is 12.8. The molecule has 30 heavy (non-hydrogen) atoms. The summed E-state index contributed by atoms with van der Waals surface area (Å²) < 4.78 is 5.48. The van der Waals surface area contributed by atoms with Gasteiger partial charge in [-0.05, 0) is 54.3 Å². The van der Waals surface area contributed by atoms with Crippen molar-refractivity contribution in [1.29, 1.82) is 0 Å². The van der Waals surface area contributed by atoms with E-state index in [4.69, 9.17) is 4.42 Å². The molecule has 0 saturated heterocycles. The number of thiophene rings is 1. The topological polar surface area (TPSA) is 77.8 Å². The number of hydrogen-bond acceptors (Lipinski definition) is 5. The number of benzene rings is 1. The Hall–Kier alpha value is -3.26. The zero-order valence-corrected chi connectivity index (χ0v) is 18.2. The molecular formula is C22H26N4O3S. The number of urea groups is 1. The standard InChI is InChI=1S/C22H26N4O3S/c1-4-23-22(28)24-17-9-10-19(25(2)3)16(13-17)14-26(15-18-7-5-11-29-18)21(27)20-8-6-12-30-20/h5-13H,4,14-15H2,1-3H3,(H2,23,24,28). The molecule has 3 amide bonds. The lowest BCUT2D eigenvalue weighted by Gasteiger charge is -2.25. The van der Waals surface area contributed by atoms with Crippen molar-refractivity contribution < 1.29 is 14.0 Å². The molecule has 0 aliphatic heterocycles. The van der Waals surface area contributed by atoms with Crippen molar-refractivity contribution in [2.75, 3.05) is 30.9 Å². The third-order valence-electron chi connectivity index (χ3n) is 4.46. The van der Waals surface area contributed by atoms with Crippen LogP contribution in [-0.4, -0.2) is 37.5 Å². The Bertz CT molecular complexity index is 968. The smallest absolute Gasteiger partial charge is 0.319 e. The van der Waals surface area contributed by atoms with E-state index in [0.29, 0.717) is 36.0 Å². The minimum Gasteiger partial charge on any atom is -0.467 e. The van der Waals surface area contributed by atoms with Gasteiger partial charge >= 0.3 is 6.03 Å². The molecule has 1 aromatic carbocycles. The largest absolute Gasteiger partial charge is 0.467 e. The van der Waals surface area contributed by atoms with Crippen LogP contribution in [0.5, 0.6) is 0 Å². The molecule has 0 aliphatic carbocycles. The van der Waals surface area contributed by atoms with Gasteiger partial charge in [0.1, 0.15) is 5.76 Å². The van der Waals surface area contributed by atoms with Gasteiger partial charge in [0.15, 0.2) is 0 Å². The van der Waals surface area contributed by atoms with Gasteiger partial charge in [0.2, 0.25) is 0 Å². The van der Waals surface area contributed by atoms with Gasteiger partial charge < -0.3 is 24.9 Å². The minimum atomic E-state index is -0.261. The van der Waals surface area contributed by atoms with E-state index in [1.807, 2.05) is 73.8 Å². The van der Waals surface area contributed by atoms with Crippen LogP contribution in [-0.2, 0) is 13.1 Å².